The zero-order valence-corrected chi connectivity index (χ0v) is 34.6. The lowest BCUT2D eigenvalue weighted by Crippen LogP contribution is -2.65. The first-order valence-corrected chi connectivity index (χ1v) is 21.1. The van der Waals surface area contributed by atoms with Crippen LogP contribution in [0.1, 0.15) is 69.5 Å². The Morgan fingerprint density at radius 1 is 0.593 bits per heavy atom. The van der Waals surface area contributed by atoms with Crippen LogP contribution in [0, 0.1) is 0 Å². The van der Waals surface area contributed by atoms with Crippen LogP contribution in [0.2, 0.25) is 5.02 Å². The predicted molar refractivity (Wildman–Crippen MR) is 232 cm³/mol. The normalized spacial score (nSPS) is 22.4. The lowest BCUT2D eigenvalue weighted by atomic mass is 9.79. The number of rotatable bonds is 17. The van der Waals surface area contributed by atoms with Crippen LogP contribution in [-0.2, 0) is 73.3 Å². The molecule has 59 heavy (non-hydrogen) atoms. The maximum Gasteiger partial charge on any atom is 0.126 e. The molecule has 7 heteroatoms. The summed E-state index contributed by atoms with van der Waals surface area (Å²) in [5.41, 5.74) is 8.71. The number of aryl methyl sites for hydroxylation is 1. The van der Waals surface area contributed by atoms with Gasteiger partial charge >= 0.3 is 0 Å². The van der Waals surface area contributed by atoms with Gasteiger partial charge in [0, 0.05) is 18.6 Å². The number of fused-ring (bicyclic) bond motifs is 2. The highest BCUT2D eigenvalue weighted by Crippen LogP contribution is 2.56. The summed E-state index contributed by atoms with van der Waals surface area (Å²) >= 11 is 7.18. The third-order valence-electron chi connectivity index (χ3n) is 11.7. The van der Waals surface area contributed by atoms with Gasteiger partial charge in [-0.2, -0.15) is 0 Å². The Bertz CT molecular complexity index is 2200. The fourth-order valence-corrected chi connectivity index (χ4v) is 8.80. The van der Waals surface area contributed by atoms with Crippen molar-refractivity contribution in [2.24, 2.45) is 0 Å². The highest BCUT2D eigenvalue weighted by Gasteiger charge is 2.61. The van der Waals surface area contributed by atoms with Crippen LogP contribution >= 0.6 is 11.6 Å². The molecule has 1 aliphatic heterocycles. The Morgan fingerprint density at radius 2 is 1.10 bits per heavy atom. The van der Waals surface area contributed by atoms with Crippen molar-refractivity contribution in [3.05, 3.63) is 213 Å². The smallest absolute Gasteiger partial charge is 0.126 e. The van der Waals surface area contributed by atoms with Crippen molar-refractivity contribution in [3.63, 3.8) is 0 Å². The van der Waals surface area contributed by atoms with E-state index in [-0.39, 0.29) is 12.7 Å². The number of halogens is 1. The first kappa shape index (κ1) is 41.1. The molecule has 304 valence electrons. The summed E-state index contributed by atoms with van der Waals surface area (Å²) in [4.78, 5) is 0. The van der Waals surface area contributed by atoms with Crippen molar-refractivity contribution in [3.8, 4) is 0 Å². The third kappa shape index (κ3) is 9.72. The van der Waals surface area contributed by atoms with E-state index in [1.165, 1.54) is 11.1 Å². The van der Waals surface area contributed by atoms with Gasteiger partial charge in [0.2, 0.25) is 0 Å². The summed E-state index contributed by atoms with van der Waals surface area (Å²) in [6.45, 7) is 3.93. The lowest BCUT2D eigenvalue weighted by Gasteiger charge is -2.52. The van der Waals surface area contributed by atoms with E-state index in [2.05, 4.69) is 91.9 Å². The van der Waals surface area contributed by atoms with Crippen LogP contribution in [0.5, 0.6) is 0 Å². The molecule has 8 rings (SSSR count). The van der Waals surface area contributed by atoms with E-state index >= 15 is 0 Å². The Kier molecular flexibility index (Phi) is 13.7. The number of benzene rings is 6. The van der Waals surface area contributed by atoms with E-state index in [0.717, 1.165) is 45.4 Å². The average molecular weight is 809 g/mol. The van der Waals surface area contributed by atoms with Crippen LogP contribution in [0.4, 0.5) is 0 Å². The van der Waals surface area contributed by atoms with E-state index in [4.69, 9.17) is 40.0 Å². The second-order valence-corrected chi connectivity index (χ2v) is 16.0. The molecule has 0 N–H and O–H groups in total. The van der Waals surface area contributed by atoms with E-state index in [1.807, 2.05) is 72.8 Å². The van der Waals surface area contributed by atoms with Crippen molar-refractivity contribution in [2.75, 3.05) is 13.7 Å². The van der Waals surface area contributed by atoms with Gasteiger partial charge in [0.05, 0.1) is 39.1 Å². The molecular formula is C52H53ClO6. The van der Waals surface area contributed by atoms with Gasteiger partial charge < -0.3 is 28.4 Å². The molecule has 0 amide bonds. The molecule has 1 spiro atoms. The summed E-state index contributed by atoms with van der Waals surface area (Å²) in [6.07, 6.45) is -0.443. The first-order chi connectivity index (χ1) is 29.0. The summed E-state index contributed by atoms with van der Waals surface area (Å²) in [7, 11) is 1.75. The first-order valence-electron chi connectivity index (χ1n) is 20.7. The molecule has 0 saturated carbocycles. The number of ether oxygens (including phenoxy) is 6. The fourth-order valence-electron chi connectivity index (χ4n) is 8.56. The van der Waals surface area contributed by atoms with Gasteiger partial charge in [-0.05, 0) is 69.0 Å². The van der Waals surface area contributed by atoms with Crippen molar-refractivity contribution in [2.45, 2.75) is 88.7 Å². The molecule has 0 bridgehead atoms. The second kappa shape index (κ2) is 19.6. The monoisotopic (exact) mass is 808 g/mol. The van der Waals surface area contributed by atoms with Gasteiger partial charge in [0.1, 0.15) is 30.0 Å². The Hall–Kier alpha value is -4.63. The van der Waals surface area contributed by atoms with Gasteiger partial charge in [0.15, 0.2) is 0 Å². The predicted octanol–water partition coefficient (Wildman–Crippen LogP) is 11.2. The van der Waals surface area contributed by atoms with Crippen LogP contribution in [-0.4, -0.2) is 38.1 Å². The molecule has 0 aromatic heterocycles. The van der Waals surface area contributed by atoms with Crippen LogP contribution < -0.4 is 0 Å². The molecule has 1 saturated heterocycles. The van der Waals surface area contributed by atoms with Crippen molar-refractivity contribution >= 4 is 11.6 Å². The quantitative estimate of drug-likeness (QED) is 0.0915. The summed E-state index contributed by atoms with van der Waals surface area (Å²) in [6, 6.07) is 54.1. The van der Waals surface area contributed by atoms with Gasteiger partial charge in [-0.1, -0.05) is 170 Å². The zero-order chi connectivity index (χ0) is 40.4. The Labute approximate surface area is 354 Å². The molecule has 6 atom stereocenters. The molecule has 1 fully saturated rings. The van der Waals surface area contributed by atoms with E-state index in [1.54, 1.807) is 7.11 Å². The van der Waals surface area contributed by atoms with Gasteiger partial charge in [-0.15, -0.1) is 0 Å². The minimum Gasteiger partial charge on any atom is -0.377 e. The highest BCUT2D eigenvalue weighted by atomic mass is 35.5. The number of methoxy groups -OCH3 is 1. The molecule has 1 heterocycles. The largest absolute Gasteiger partial charge is 0.377 e. The topological polar surface area (TPSA) is 55.4 Å². The van der Waals surface area contributed by atoms with E-state index in [9.17, 15) is 0 Å². The third-order valence-corrected chi connectivity index (χ3v) is 12.0. The maximum atomic E-state index is 7.61. The zero-order valence-electron chi connectivity index (χ0n) is 33.9. The van der Waals surface area contributed by atoms with Gasteiger partial charge in [0.25, 0.3) is 0 Å². The van der Waals surface area contributed by atoms with Crippen molar-refractivity contribution < 1.29 is 28.4 Å². The molecule has 6 aromatic carbocycles. The Morgan fingerprint density at radius 3 is 1.64 bits per heavy atom. The maximum absolute atomic E-state index is 7.61. The van der Waals surface area contributed by atoms with Gasteiger partial charge in [-0.3, -0.25) is 0 Å². The minimum atomic E-state index is -1.01. The van der Waals surface area contributed by atoms with Crippen LogP contribution in [0.25, 0.3) is 0 Å². The second-order valence-electron chi connectivity index (χ2n) is 15.6. The Balaban J connectivity index is 1.24. The van der Waals surface area contributed by atoms with Gasteiger partial charge in [-0.25, -0.2) is 0 Å². The summed E-state index contributed by atoms with van der Waals surface area (Å²) in [5.74, 6) is 0. The highest BCUT2D eigenvalue weighted by molar-refractivity contribution is 6.31. The summed E-state index contributed by atoms with van der Waals surface area (Å²) in [5, 5.41) is 0.698. The van der Waals surface area contributed by atoms with Crippen molar-refractivity contribution in [1.82, 2.24) is 0 Å². The van der Waals surface area contributed by atoms with Crippen LogP contribution in [0.3, 0.4) is 0 Å². The average Bonchev–Trinajstić information content (AvgIpc) is 3.58. The molecule has 6 aromatic rings. The summed E-state index contributed by atoms with van der Waals surface area (Å²) < 4.78 is 41.8. The molecule has 0 radical (unpaired) electrons. The fraction of sp³-hybridized carbons (Fsp3) is 0.308. The minimum absolute atomic E-state index is 0.268. The van der Waals surface area contributed by atoms with E-state index < -0.39 is 30.0 Å². The number of hydrogen-bond donors (Lipinski definition) is 0. The molecule has 6 nitrogen and oxygen atoms in total. The molecular weight excluding hydrogens is 756 g/mol. The molecule has 2 aliphatic rings. The standard InChI is InChI=1S/C52H53ClO6/c1-3-37-24-26-38(27-25-37)28-43-29-45-44(30-46(43)53)47(54-2)31-52(45)51(58-35-42-22-14-7-15-23-42)50(57-34-41-20-12-6-13-21-41)49(56-33-40-18-10-5-11-19-40)48(59-52)36-55-32-39-16-8-4-9-17-39/h4-27,29-30,47-51H,3,28,31-36H2,1-2H3/t47?,48-,49-,50+,51-,52+/m1/s1. The molecule has 1 aliphatic carbocycles. The van der Waals surface area contributed by atoms with E-state index in [0.29, 0.717) is 44.3 Å². The van der Waals surface area contributed by atoms with Crippen LogP contribution in [0.15, 0.2) is 158 Å². The number of hydrogen-bond acceptors (Lipinski definition) is 6. The SMILES string of the molecule is CCc1ccc(Cc2cc3c(cc2Cl)C(OC)C[C@]32O[C@H](COCc3ccccc3)[C@@H](OCc3ccccc3)[C@H](OCc3ccccc3)[C@H]2OCc2ccccc2)cc1. The molecule has 1 unspecified atom stereocenters. The lowest BCUT2D eigenvalue weighted by molar-refractivity contribution is -0.315. The van der Waals surface area contributed by atoms with Crippen molar-refractivity contribution in [1.29, 1.82) is 0 Å².